The van der Waals surface area contributed by atoms with Gasteiger partial charge >= 0.3 is 6.18 Å². The lowest BCUT2D eigenvalue weighted by atomic mass is 10.2. The molecule has 1 N–H and O–H groups in total. The van der Waals surface area contributed by atoms with Gasteiger partial charge in [-0.05, 0) is 48.7 Å². The molecule has 0 aliphatic carbocycles. The van der Waals surface area contributed by atoms with E-state index >= 15 is 0 Å². The van der Waals surface area contributed by atoms with Crippen molar-refractivity contribution in [1.29, 1.82) is 0 Å². The van der Waals surface area contributed by atoms with Crippen molar-refractivity contribution in [2.75, 3.05) is 6.54 Å². The Balaban J connectivity index is 2.44. The monoisotopic (exact) mass is 354 g/mol. The summed E-state index contributed by atoms with van der Waals surface area (Å²) in [6.45, 7) is 4.15. The van der Waals surface area contributed by atoms with Gasteiger partial charge in [0.1, 0.15) is 5.69 Å². The molecule has 1 heterocycles. The highest BCUT2D eigenvalue weighted by atomic mass is 79.9. The minimum absolute atomic E-state index is 0.0265. The summed E-state index contributed by atoms with van der Waals surface area (Å²) in [5, 5.41) is 2.65. The van der Waals surface area contributed by atoms with Gasteiger partial charge in [-0.25, -0.2) is 0 Å². The van der Waals surface area contributed by atoms with Crippen LogP contribution in [0.5, 0.6) is 0 Å². The van der Waals surface area contributed by atoms with Crippen LogP contribution >= 0.6 is 15.9 Å². The fourth-order valence-corrected chi connectivity index (χ4v) is 2.24. The number of amides is 1. The molecule has 0 aromatic carbocycles. The summed E-state index contributed by atoms with van der Waals surface area (Å²) in [4.78, 5) is 12.0. The molecule has 20 heavy (non-hydrogen) atoms. The Hall–Kier alpha value is -0.980. The van der Waals surface area contributed by atoms with Gasteiger partial charge in [0.25, 0.3) is 5.91 Å². The van der Waals surface area contributed by atoms with Crippen LogP contribution < -0.4 is 5.32 Å². The normalized spacial score (nSPS) is 11.9. The zero-order chi connectivity index (χ0) is 15.3. The first-order valence-electron chi connectivity index (χ1n) is 6.43. The highest BCUT2D eigenvalue weighted by Crippen LogP contribution is 2.22. The van der Waals surface area contributed by atoms with Crippen LogP contribution in [-0.2, 0) is 0 Å². The van der Waals surface area contributed by atoms with Crippen LogP contribution in [0.25, 0.3) is 0 Å². The average Bonchev–Trinajstić information content (AvgIpc) is 2.69. The summed E-state index contributed by atoms with van der Waals surface area (Å²) in [5.74, 6) is -0.267. The molecule has 0 bridgehead atoms. The van der Waals surface area contributed by atoms with Crippen molar-refractivity contribution in [3.05, 3.63) is 22.4 Å². The SMILES string of the molecule is CC(C)n1cc(Br)cc1C(=O)NCCCCC(F)(F)F. The molecular formula is C13H18BrF3N2O. The fraction of sp³-hybridized carbons (Fsp3) is 0.615. The molecule has 1 amide bonds. The van der Waals surface area contributed by atoms with Gasteiger partial charge in [-0.3, -0.25) is 4.79 Å². The highest BCUT2D eigenvalue weighted by Gasteiger charge is 2.25. The molecule has 1 rings (SSSR count). The van der Waals surface area contributed by atoms with Gasteiger partial charge in [0.15, 0.2) is 0 Å². The summed E-state index contributed by atoms with van der Waals surface area (Å²) in [5.41, 5.74) is 0.502. The minimum atomic E-state index is -4.12. The van der Waals surface area contributed by atoms with Gasteiger partial charge in [0.05, 0.1) is 0 Å². The zero-order valence-corrected chi connectivity index (χ0v) is 13.0. The van der Waals surface area contributed by atoms with Crippen LogP contribution in [0.2, 0.25) is 0 Å². The maximum Gasteiger partial charge on any atom is 0.389 e. The van der Waals surface area contributed by atoms with Crippen LogP contribution in [-0.4, -0.2) is 23.2 Å². The van der Waals surface area contributed by atoms with Crippen molar-refractivity contribution in [2.24, 2.45) is 0 Å². The van der Waals surface area contributed by atoms with Gasteiger partial charge in [-0.15, -0.1) is 0 Å². The zero-order valence-electron chi connectivity index (χ0n) is 11.4. The second kappa shape index (κ2) is 7.15. The molecular weight excluding hydrogens is 337 g/mol. The first-order chi connectivity index (χ1) is 9.20. The molecule has 0 aliphatic heterocycles. The fourth-order valence-electron chi connectivity index (χ4n) is 1.80. The molecule has 1 aromatic rings. The third-order valence-electron chi connectivity index (χ3n) is 2.78. The molecule has 0 saturated heterocycles. The third-order valence-corrected chi connectivity index (χ3v) is 3.21. The minimum Gasteiger partial charge on any atom is -0.351 e. The van der Waals surface area contributed by atoms with Crippen LogP contribution in [0.1, 0.15) is 49.6 Å². The molecule has 0 spiro atoms. The first-order valence-corrected chi connectivity index (χ1v) is 7.22. The summed E-state index contributed by atoms with van der Waals surface area (Å²) in [6, 6.07) is 1.83. The summed E-state index contributed by atoms with van der Waals surface area (Å²) >= 11 is 3.31. The molecule has 7 heteroatoms. The van der Waals surface area contributed by atoms with E-state index in [1.807, 2.05) is 24.6 Å². The summed E-state index contributed by atoms with van der Waals surface area (Å²) in [6.07, 6.45) is -2.78. The van der Waals surface area contributed by atoms with Gasteiger partial charge < -0.3 is 9.88 Å². The molecule has 114 valence electrons. The van der Waals surface area contributed by atoms with Gasteiger partial charge in [-0.1, -0.05) is 0 Å². The number of aromatic nitrogens is 1. The number of nitrogens with zero attached hydrogens (tertiary/aromatic N) is 1. The number of unbranched alkanes of at least 4 members (excludes halogenated alkanes) is 1. The number of hydrogen-bond acceptors (Lipinski definition) is 1. The number of carbonyl (C=O) groups excluding carboxylic acids is 1. The number of rotatable bonds is 6. The number of carbonyl (C=O) groups is 1. The maximum atomic E-state index is 12.0. The van der Waals surface area contributed by atoms with Crippen molar-refractivity contribution < 1.29 is 18.0 Å². The predicted molar refractivity (Wildman–Crippen MR) is 74.8 cm³/mol. The van der Waals surface area contributed by atoms with Crippen molar-refractivity contribution in [2.45, 2.75) is 45.3 Å². The van der Waals surface area contributed by atoms with E-state index in [9.17, 15) is 18.0 Å². The number of alkyl halides is 3. The molecule has 1 aromatic heterocycles. The van der Waals surface area contributed by atoms with Crippen molar-refractivity contribution in [3.8, 4) is 0 Å². The van der Waals surface area contributed by atoms with E-state index in [1.165, 1.54) is 0 Å². The molecule has 0 aliphatic rings. The number of halogens is 4. The van der Waals surface area contributed by atoms with Crippen molar-refractivity contribution in [3.63, 3.8) is 0 Å². The first kappa shape index (κ1) is 17.1. The Morgan fingerprint density at radius 1 is 1.40 bits per heavy atom. The largest absolute Gasteiger partial charge is 0.389 e. The Labute approximate surface area is 124 Å². The van der Waals surface area contributed by atoms with Gasteiger partial charge in [0, 0.05) is 29.7 Å². The Morgan fingerprint density at radius 3 is 2.60 bits per heavy atom. The molecule has 0 radical (unpaired) electrons. The highest BCUT2D eigenvalue weighted by molar-refractivity contribution is 9.10. The van der Waals surface area contributed by atoms with Crippen molar-refractivity contribution in [1.82, 2.24) is 9.88 Å². The lowest BCUT2D eigenvalue weighted by molar-refractivity contribution is -0.135. The molecule has 0 unspecified atom stereocenters. The van der Waals surface area contributed by atoms with E-state index < -0.39 is 12.6 Å². The van der Waals surface area contributed by atoms with E-state index in [4.69, 9.17) is 0 Å². The molecule has 0 fully saturated rings. The van der Waals surface area contributed by atoms with E-state index in [-0.39, 0.29) is 24.9 Å². The van der Waals surface area contributed by atoms with Gasteiger partial charge in [0.2, 0.25) is 0 Å². The van der Waals surface area contributed by atoms with Crippen LogP contribution in [0.4, 0.5) is 13.2 Å². The molecule has 0 atom stereocenters. The average molecular weight is 355 g/mol. The molecule has 3 nitrogen and oxygen atoms in total. The lowest BCUT2D eigenvalue weighted by Crippen LogP contribution is -2.27. The van der Waals surface area contributed by atoms with Crippen LogP contribution in [0, 0.1) is 0 Å². The second-order valence-electron chi connectivity index (χ2n) is 4.87. The standard InChI is InChI=1S/C13H18BrF3N2O/c1-9(2)19-8-10(14)7-11(19)12(20)18-6-4-3-5-13(15,16)17/h7-9H,3-6H2,1-2H3,(H,18,20). The number of nitrogens with one attached hydrogen (secondary N) is 1. The van der Waals surface area contributed by atoms with Gasteiger partial charge in [-0.2, -0.15) is 13.2 Å². The maximum absolute atomic E-state index is 12.0. The van der Waals surface area contributed by atoms with Crippen molar-refractivity contribution >= 4 is 21.8 Å². The lowest BCUT2D eigenvalue weighted by Gasteiger charge is -2.12. The Morgan fingerprint density at radius 2 is 2.05 bits per heavy atom. The van der Waals surface area contributed by atoms with E-state index in [0.29, 0.717) is 12.1 Å². The Bertz CT molecular complexity index is 455. The second-order valence-corrected chi connectivity index (χ2v) is 5.79. The number of hydrogen-bond donors (Lipinski definition) is 1. The molecule has 0 saturated carbocycles. The summed E-state index contributed by atoms with van der Waals surface area (Å²) < 4.78 is 38.5. The van der Waals surface area contributed by atoms with E-state index in [1.54, 1.807) is 6.07 Å². The van der Waals surface area contributed by atoms with E-state index in [0.717, 1.165) is 4.47 Å². The van der Waals surface area contributed by atoms with Crippen LogP contribution in [0.3, 0.4) is 0 Å². The van der Waals surface area contributed by atoms with E-state index in [2.05, 4.69) is 21.2 Å². The third kappa shape index (κ3) is 5.56. The smallest absolute Gasteiger partial charge is 0.351 e. The predicted octanol–water partition coefficient (Wildman–Crippen LogP) is 4.29. The Kier molecular flexibility index (Phi) is 6.10. The quantitative estimate of drug-likeness (QED) is 0.759. The topological polar surface area (TPSA) is 34.0 Å². The van der Waals surface area contributed by atoms with Crippen LogP contribution in [0.15, 0.2) is 16.7 Å². The summed E-state index contributed by atoms with van der Waals surface area (Å²) in [7, 11) is 0.